The molecule has 0 atom stereocenters. The summed E-state index contributed by atoms with van der Waals surface area (Å²) in [7, 11) is 2.14. The maximum Gasteiger partial charge on any atom is 0.0669 e. The molecule has 1 aliphatic heterocycles. The van der Waals surface area contributed by atoms with Gasteiger partial charge in [-0.25, -0.2) is 4.68 Å². The van der Waals surface area contributed by atoms with Crippen LogP contribution in [0.4, 0.5) is 0 Å². The van der Waals surface area contributed by atoms with Crippen molar-refractivity contribution in [3.8, 4) is 11.8 Å². The molecule has 0 amide bonds. The van der Waals surface area contributed by atoms with E-state index in [9.17, 15) is 0 Å². The summed E-state index contributed by atoms with van der Waals surface area (Å²) in [5.41, 5.74) is 4.75. The van der Waals surface area contributed by atoms with E-state index >= 15 is 0 Å². The molecule has 0 fully saturated rings. The molecule has 3 rings (SSSR count). The van der Waals surface area contributed by atoms with Crippen LogP contribution in [0, 0.1) is 11.3 Å². The minimum Gasteiger partial charge on any atom is -0.302 e. The lowest BCUT2D eigenvalue weighted by molar-refractivity contribution is 0.310. The lowest BCUT2D eigenvalue weighted by Crippen LogP contribution is -2.27. The molecule has 0 spiro atoms. The first kappa shape index (κ1) is 11.9. The Bertz CT molecular complexity index is 619. The van der Waals surface area contributed by atoms with Crippen molar-refractivity contribution in [3.63, 3.8) is 0 Å². The Balaban J connectivity index is 1.93. The van der Waals surface area contributed by atoms with Gasteiger partial charge in [-0.1, -0.05) is 12.1 Å². The molecule has 19 heavy (non-hydrogen) atoms. The zero-order valence-electron chi connectivity index (χ0n) is 11.0. The standard InChI is InChI=1S/C15H16N4/c1-18-9-7-15-13(11-18)10-17-19(15)14-4-2-12(3-5-14)6-8-16/h2-5,10H,6-7,9,11H2,1H3. The summed E-state index contributed by atoms with van der Waals surface area (Å²) in [5, 5.41) is 13.2. The summed E-state index contributed by atoms with van der Waals surface area (Å²) in [6.07, 6.45) is 3.46. The Kier molecular flexibility index (Phi) is 3.06. The normalized spacial score (nSPS) is 14.9. The van der Waals surface area contributed by atoms with Crippen molar-refractivity contribution >= 4 is 0 Å². The Labute approximate surface area is 112 Å². The zero-order valence-corrected chi connectivity index (χ0v) is 11.0. The molecule has 1 aliphatic rings. The molecule has 0 unspecified atom stereocenters. The fraction of sp³-hybridized carbons (Fsp3) is 0.333. The van der Waals surface area contributed by atoms with Crippen LogP contribution in [0.25, 0.3) is 5.69 Å². The predicted octanol–water partition coefficient (Wildman–Crippen LogP) is 1.93. The number of rotatable bonds is 2. The van der Waals surface area contributed by atoms with E-state index in [-0.39, 0.29) is 0 Å². The number of nitrogens with zero attached hydrogens (tertiary/aromatic N) is 4. The molecule has 2 heterocycles. The number of aromatic nitrogens is 2. The van der Waals surface area contributed by atoms with E-state index in [2.05, 4.69) is 23.1 Å². The van der Waals surface area contributed by atoms with E-state index in [4.69, 9.17) is 5.26 Å². The average molecular weight is 252 g/mol. The third-order valence-corrected chi connectivity index (χ3v) is 3.59. The lowest BCUT2D eigenvalue weighted by atomic mass is 10.1. The van der Waals surface area contributed by atoms with E-state index in [0.29, 0.717) is 6.42 Å². The van der Waals surface area contributed by atoms with E-state index in [0.717, 1.165) is 30.8 Å². The predicted molar refractivity (Wildman–Crippen MR) is 72.9 cm³/mol. The van der Waals surface area contributed by atoms with Gasteiger partial charge in [-0.05, 0) is 24.7 Å². The molecule has 0 saturated carbocycles. The van der Waals surface area contributed by atoms with Gasteiger partial charge in [0, 0.05) is 30.8 Å². The summed E-state index contributed by atoms with van der Waals surface area (Å²) in [6.45, 7) is 2.05. The minimum atomic E-state index is 0.461. The molecule has 1 aromatic heterocycles. The minimum absolute atomic E-state index is 0.461. The number of nitriles is 1. The SMILES string of the molecule is CN1CCc2c(cnn2-c2ccc(CC#N)cc2)C1. The van der Waals surface area contributed by atoms with Gasteiger partial charge in [0.25, 0.3) is 0 Å². The molecule has 0 radical (unpaired) electrons. The molecular weight excluding hydrogens is 236 g/mol. The third-order valence-electron chi connectivity index (χ3n) is 3.59. The maximum atomic E-state index is 8.68. The molecule has 2 aromatic rings. The van der Waals surface area contributed by atoms with E-state index < -0.39 is 0 Å². The van der Waals surface area contributed by atoms with Gasteiger partial charge in [-0.2, -0.15) is 10.4 Å². The molecule has 4 nitrogen and oxygen atoms in total. The highest BCUT2D eigenvalue weighted by Crippen LogP contribution is 2.21. The molecule has 96 valence electrons. The summed E-state index contributed by atoms with van der Waals surface area (Å²) in [6, 6.07) is 10.2. The van der Waals surface area contributed by atoms with Gasteiger partial charge in [-0.3, -0.25) is 0 Å². The first-order valence-corrected chi connectivity index (χ1v) is 6.48. The van der Waals surface area contributed by atoms with Crippen molar-refractivity contribution < 1.29 is 0 Å². The molecule has 0 bridgehead atoms. The molecule has 0 N–H and O–H groups in total. The third kappa shape index (κ3) is 2.25. The fourth-order valence-corrected chi connectivity index (χ4v) is 2.54. The molecule has 0 saturated heterocycles. The van der Waals surface area contributed by atoms with Crippen LogP contribution in [0.15, 0.2) is 30.5 Å². The highest BCUT2D eigenvalue weighted by molar-refractivity contribution is 5.38. The van der Waals surface area contributed by atoms with Crippen molar-refractivity contribution in [3.05, 3.63) is 47.3 Å². The Hall–Kier alpha value is -2.12. The van der Waals surface area contributed by atoms with Crippen molar-refractivity contribution in [2.45, 2.75) is 19.4 Å². The maximum absolute atomic E-state index is 8.68. The van der Waals surface area contributed by atoms with Crippen LogP contribution >= 0.6 is 0 Å². The van der Waals surface area contributed by atoms with Crippen LogP contribution in [0.1, 0.15) is 16.8 Å². The Morgan fingerprint density at radius 3 is 2.84 bits per heavy atom. The molecular formula is C15H16N4. The number of fused-ring (bicyclic) bond motifs is 1. The number of hydrogen-bond donors (Lipinski definition) is 0. The van der Waals surface area contributed by atoms with Crippen molar-refractivity contribution in [1.82, 2.24) is 14.7 Å². The second-order valence-corrected chi connectivity index (χ2v) is 5.02. The van der Waals surface area contributed by atoms with Crippen LogP contribution in [-0.2, 0) is 19.4 Å². The summed E-state index contributed by atoms with van der Waals surface area (Å²) in [5.74, 6) is 0. The van der Waals surface area contributed by atoms with Gasteiger partial charge < -0.3 is 4.90 Å². The van der Waals surface area contributed by atoms with E-state index in [1.165, 1.54) is 11.3 Å². The van der Waals surface area contributed by atoms with Crippen molar-refractivity contribution in [1.29, 1.82) is 5.26 Å². The second kappa shape index (κ2) is 4.87. The highest BCUT2D eigenvalue weighted by atomic mass is 15.3. The first-order chi connectivity index (χ1) is 9.28. The number of hydrogen-bond acceptors (Lipinski definition) is 3. The van der Waals surface area contributed by atoms with Gasteiger partial charge in [-0.15, -0.1) is 0 Å². The van der Waals surface area contributed by atoms with Gasteiger partial charge in [0.05, 0.1) is 24.4 Å². The van der Waals surface area contributed by atoms with Gasteiger partial charge in [0.1, 0.15) is 0 Å². The van der Waals surface area contributed by atoms with Gasteiger partial charge in [0.2, 0.25) is 0 Å². The van der Waals surface area contributed by atoms with E-state index in [1.807, 2.05) is 35.1 Å². The van der Waals surface area contributed by atoms with Crippen LogP contribution in [0.2, 0.25) is 0 Å². The quantitative estimate of drug-likeness (QED) is 0.820. The largest absolute Gasteiger partial charge is 0.302 e. The summed E-state index contributed by atoms with van der Waals surface area (Å²) < 4.78 is 2.03. The number of benzene rings is 1. The van der Waals surface area contributed by atoms with Crippen LogP contribution in [0.3, 0.4) is 0 Å². The highest BCUT2D eigenvalue weighted by Gasteiger charge is 2.18. The molecule has 1 aromatic carbocycles. The Morgan fingerprint density at radius 2 is 2.11 bits per heavy atom. The van der Waals surface area contributed by atoms with Gasteiger partial charge in [0.15, 0.2) is 0 Å². The fourth-order valence-electron chi connectivity index (χ4n) is 2.54. The van der Waals surface area contributed by atoms with Crippen molar-refractivity contribution in [2.75, 3.05) is 13.6 Å². The van der Waals surface area contributed by atoms with Crippen LogP contribution < -0.4 is 0 Å². The first-order valence-electron chi connectivity index (χ1n) is 6.48. The summed E-state index contributed by atoms with van der Waals surface area (Å²) >= 11 is 0. The van der Waals surface area contributed by atoms with Crippen LogP contribution in [0.5, 0.6) is 0 Å². The average Bonchev–Trinajstić information content (AvgIpc) is 2.83. The topological polar surface area (TPSA) is 44.9 Å². The number of likely N-dealkylation sites (N-methyl/N-ethyl adjacent to an activating group) is 1. The summed E-state index contributed by atoms with van der Waals surface area (Å²) in [4.78, 5) is 2.31. The smallest absolute Gasteiger partial charge is 0.0669 e. The molecule has 0 aliphatic carbocycles. The van der Waals surface area contributed by atoms with E-state index in [1.54, 1.807) is 0 Å². The Morgan fingerprint density at radius 1 is 1.32 bits per heavy atom. The zero-order chi connectivity index (χ0) is 13.2. The molecule has 4 heteroatoms. The van der Waals surface area contributed by atoms with Gasteiger partial charge >= 0.3 is 0 Å². The van der Waals surface area contributed by atoms with Crippen molar-refractivity contribution in [2.24, 2.45) is 0 Å². The monoisotopic (exact) mass is 252 g/mol. The van der Waals surface area contributed by atoms with Crippen LogP contribution in [-0.4, -0.2) is 28.3 Å². The second-order valence-electron chi connectivity index (χ2n) is 5.02. The lowest BCUT2D eigenvalue weighted by Gasteiger charge is -2.22.